The first kappa shape index (κ1) is 17.9. The number of nitrogens with zero attached hydrogens (tertiary/aromatic N) is 2. The maximum atomic E-state index is 12.5. The van der Waals surface area contributed by atoms with E-state index in [0.717, 1.165) is 11.1 Å². The summed E-state index contributed by atoms with van der Waals surface area (Å²) in [7, 11) is 1.07. The van der Waals surface area contributed by atoms with Gasteiger partial charge in [0.1, 0.15) is 5.60 Å². The molecule has 0 saturated carbocycles. The van der Waals surface area contributed by atoms with Crippen molar-refractivity contribution in [2.75, 3.05) is 27.7 Å². The monoisotopic (exact) mass is 340 g/mol. The number of carbonyl (C=O) groups excluding carboxylic acids is 1. The van der Waals surface area contributed by atoms with Crippen LogP contribution in [0.25, 0.3) is 0 Å². The van der Waals surface area contributed by atoms with Gasteiger partial charge in [0.25, 0.3) is 5.91 Å². The minimum atomic E-state index is -3.48. The summed E-state index contributed by atoms with van der Waals surface area (Å²) >= 11 is 0. The van der Waals surface area contributed by atoms with Gasteiger partial charge in [0.15, 0.2) is 0 Å². The summed E-state index contributed by atoms with van der Waals surface area (Å²) in [6.07, 6.45) is 0.518. The molecule has 0 aromatic heterocycles. The molecule has 6 nitrogen and oxygen atoms in total. The fourth-order valence-corrected chi connectivity index (χ4v) is 3.84. The number of hydrogen-bond acceptors (Lipinski definition) is 4. The summed E-state index contributed by atoms with van der Waals surface area (Å²) in [5.74, 6) is -0.0912. The van der Waals surface area contributed by atoms with E-state index in [4.69, 9.17) is 4.74 Å². The van der Waals surface area contributed by atoms with Crippen LogP contribution in [0.5, 0.6) is 0 Å². The van der Waals surface area contributed by atoms with E-state index in [-0.39, 0.29) is 5.91 Å². The predicted octanol–water partition coefficient (Wildman–Crippen LogP) is 1.25. The second-order valence-electron chi connectivity index (χ2n) is 6.37. The third-order valence-electron chi connectivity index (χ3n) is 4.29. The second-order valence-corrected chi connectivity index (χ2v) is 8.49. The van der Waals surface area contributed by atoms with E-state index in [1.54, 1.807) is 30.9 Å². The van der Waals surface area contributed by atoms with Gasteiger partial charge in [0.05, 0.1) is 4.90 Å². The van der Waals surface area contributed by atoms with Gasteiger partial charge < -0.3 is 9.64 Å². The lowest BCUT2D eigenvalue weighted by atomic mass is 9.98. The third-order valence-corrected chi connectivity index (χ3v) is 6.19. The number of ether oxygens (including phenoxy) is 1. The largest absolute Gasteiger partial charge is 0.369 e. The van der Waals surface area contributed by atoms with E-state index in [1.165, 1.54) is 25.5 Å². The standard InChI is InChI=1S/C16H24N2O4S/c1-16(2,22-5)15(19)18-10-9-13-12(11-18)7-6-8-14(13)23(20,21)17(3)4/h6-8H,9-11H2,1-5H3. The summed E-state index contributed by atoms with van der Waals surface area (Å²) in [6.45, 7) is 4.35. The molecule has 0 fully saturated rings. The Morgan fingerprint density at radius 2 is 1.96 bits per heavy atom. The van der Waals surface area contributed by atoms with Crippen molar-refractivity contribution in [1.82, 2.24) is 9.21 Å². The van der Waals surface area contributed by atoms with E-state index in [2.05, 4.69) is 0 Å². The Balaban J connectivity index is 2.36. The molecule has 1 aliphatic rings. The first-order chi connectivity index (χ1) is 10.6. The molecule has 0 saturated heterocycles. The van der Waals surface area contributed by atoms with Crippen molar-refractivity contribution >= 4 is 15.9 Å². The SMILES string of the molecule is COC(C)(C)C(=O)N1CCc2c(cccc2S(=O)(=O)N(C)C)C1. The van der Waals surface area contributed by atoms with Gasteiger partial charge in [-0.25, -0.2) is 12.7 Å². The molecule has 0 unspecified atom stereocenters. The number of methoxy groups -OCH3 is 1. The van der Waals surface area contributed by atoms with Gasteiger partial charge in [-0.1, -0.05) is 12.1 Å². The first-order valence-electron chi connectivity index (χ1n) is 7.49. The fraction of sp³-hybridized carbons (Fsp3) is 0.562. The molecule has 0 bridgehead atoms. The quantitative estimate of drug-likeness (QED) is 0.827. The maximum Gasteiger partial charge on any atom is 0.254 e. The van der Waals surface area contributed by atoms with Crippen molar-refractivity contribution in [3.05, 3.63) is 29.3 Å². The topological polar surface area (TPSA) is 66.9 Å². The van der Waals surface area contributed by atoms with Crippen LogP contribution in [0.15, 0.2) is 23.1 Å². The first-order valence-corrected chi connectivity index (χ1v) is 8.93. The lowest BCUT2D eigenvalue weighted by Crippen LogP contribution is -2.48. The van der Waals surface area contributed by atoms with Crippen LogP contribution in [0.4, 0.5) is 0 Å². The van der Waals surface area contributed by atoms with Crippen LogP contribution in [0.3, 0.4) is 0 Å². The van der Waals surface area contributed by atoms with Crippen molar-refractivity contribution in [2.24, 2.45) is 0 Å². The predicted molar refractivity (Wildman–Crippen MR) is 87.5 cm³/mol. The third kappa shape index (κ3) is 3.27. The van der Waals surface area contributed by atoms with Gasteiger partial charge in [-0.3, -0.25) is 4.79 Å². The summed E-state index contributed by atoms with van der Waals surface area (Å²) in [6, 6.07) is 5.23. The van der Waals surface area contributed by atoms with Gasteiger partial charge in [-0.05, 0) is 37.5 Å². The highest BCUT2D eigenvalue weighted by atomic mass is 32.2. The summed E-state index contributed by atoms with van der Waals surface area (Å²) < 4.78 is 31.4. The molecule has 1 amide bonds. The Bertz CT molecular complexity index is 711. The molecule has 7 heteroatoms. The minimum Gasteiger partial charge on any atom is -0.369 e. The van der Waals surface area contributed by atoms with E-state index in [9.17, 15) is 13.2 Å². The highest BCUT2D eigenvalue weighted by molar-refractivity contribution is 7.89. The van der Waals surface area contributed by atoms with Crippen LogP contribution in [0, 0.1) is 0 Å². The van der Waals surface area contributed by atoms with Crippen molar-refractivity contribution in [3.63, 3.8) is 0 Å². The van der Waals surface area contributed by atoms with E-state index >= 15 is 0 Å². The molecule has 1 aromatic rings. The van der Waals surface area contributed by atoms with Crippen LogP contribution < -0.4 is 0 Å². The number of fused-ring (bicyclic) bond motifs is 1. The molecule has 1 heterocycles. The van der Waals surface area contributed by atoms with Gasteiger partial charge in [-0.15, -0.1) is 0 Å². The number of carbonyl (C=O) groups is 1. The molecule has 1 aromatic carbocycles. The zero-order valence-corrected chi connectivity index (χ0v) is 15.1. The normalized spacial score (nSPS) is 15.7. The molecular weight excluding hydrogens is 316 g/mol. The van der Waals surface area contributed by atoms with Crippen molar-refractivity contribution in [3.8, 4) is 0 Å². The molecule has 0 N–H and O–H groups in total. The van der Waals surface area contributed by atoms with Gasteiger partial charge in [0.2, 0.25) is 10.0 Å². The highest BCUT2D eigenvalue weighted by Gasteiger charge is 2.35. The van der Waals surface area contributed by atoms with Crippen molar-refractivity contribution < 1.29 is 17.9 Å². The van der Waals surface area contributed by atoms with Crippen LogP contribution in [-0.2, 0) is 32.5 Å². The fourth-order valence-electron chi connectivity index (χ4n) is 2.65. The highest BCUT2D eigenvalue weighted by Crippen LogP contribution is 2.28. The molecule has 1 aliphatic heterocycles. The van der Waals surface area contributed by atoms with Gasteiger partial charge >= 0.3 is 0 Å². The molecule has 23 heavy (non-hydrogen) atoms. The van der Waals surface area contributed by atoms with Crippen LogP contribution >= 0.6 is 0 Å². The Labute approximate surface area is 138 Å². The van der Waals surface area contributed by atoms with Crippen molar-refractivity contribution in [2.45, 2.75) is 37.3 Å². The summed E-state index contributed by atoms with van der Waals surface area (Å²) in [5, 5.41) is 0. The Morgan fingerprint density at radius 3 is 2.52 bits per heavy atom. The number of benzene rings is 1. The molecule has 128 valence electrons. The maximum absolute atomic E-state index is 12.5. The molecule has 2 rings (SSSR count). The Kier molecular flexibility index (Phi) is 4.84. The zero-order chi connectivity index (χ0) is 17.4. The molecule has 0 spiro atoms. The van der Waals surface area contributed by atoms with E-state index in [1.807, 2.05) is 6.07 Å². The molecule has 0 atom stereocenters. The zero-order valence-electron chi connectivity index (χ0n) is 14.3. The van der Waals surface area contributed by atoms with E-state index < -0.39 is 15.6 Å². The number of sulfonamides is 1. The molecule has 0 aliphatic carbocycles. The second kappa shape index (κ2) is 6.22. The Morgan fingerprint density at radius 1 is 1.30 bits per heavy atom. The van der Waals surface area contributed by atoms with Crippen molar-refractivity contribution in [1.29, 1.82) is 0 Å². The van der Waals surface area contributed by atoms with Crippen LogP contribution in [-0.4, -0.2) is 56.9 Å². The average molecular weight is 340 g/mol. The van der Waals surface area contributed by atoms with Gasteiger partial charge in [-0.2, -0.15) is 0 Å². The van der Waals surface area contributed by atoms with Crippen LogP contribution in [0.1, 0.15) is 25.0 Å². The van der Waals surface area contributed by atoms with Gasteiger partial charge in [0, 0.05) is 34.3 Å². The average Bonchev–Trinajstić information content (AvgIpc) is 2.52. The lowest BCUT2D eigenvalue weighted by molar-refractivity contribution is -0.152. The number of amides is 1. The Hall–Kier alpha value is -1.44. The number of rotatable bonds is 4. The lowest BCUT2D eigenvalue weighted by Gasteiger charge is -2.35. The summed E-state index contributed by atoms with van der Waals surface area (Å²) in [4.78, 5) is 14.6. The van der Waals surface area contributed by atoms with Crippen LogP contribution in [0.2, 0.25) is 0 Å². The van der Waals surface area contributed by atoms with E-state index in [0.29, 0.717) is 24.4 Å². The molecule has 0 radical (unpaired) electrons. The summed E-state index contributed by atoms with van der Waals surface area (Å²) in [5.41, 5.74) is 0.796. The minimum absolute atomic E-state index is 0.0912. The smallest absolute Gasteiger partial charge is 0.254 e. The number of hydrogen-bond donors (Lipinski definition) is 0. The molecular formula is C16H24N2O4S.